The van der Waals surface area contributed by atoms with Crippen molar-refractivity contribution in [3.8, 4) is 0 Å². The number of carbonyl (C=O) groups excluding carboxylic acids is 1. The molecule has 0 unspecified atom stereocenters. The summed E-state index contributed by atoms with van der Waals surface area (Å²) in [4.78, 5) is 11.4. The molecule has 1 N–H and O–H groups in total. The lowest BCUT2D eigenvalue weighted by molar-refractivity contribution is -0.117. The van der Waals surface area contributed by atoms with E-state index in [1.807, 2.05) is 45.9 Å². The second-order valence-corrected chi connectivity index (χ2v) is 5.03. The van der Waals surface area contributed by atoms with E-state index in [0.717, 1.165) is 19.3 Å². The number of amides is 1. The third-order valence-electron chi connectivity index (χ3n) is 1.95. The summed E-state index contributed by atoms with van der Waals surface area (Å²) < 4.78 is 0. The van der Waals surface area contributed by atoms with E-state index in [0.29, 0.717) is 0 Å². The summed E-state index contributed by atoms with van der Waals surface area (Å²) in [5, 5.41) is 2.89. The van der Waals surface area contributed by atoms with Crippen LogP contribution in [-0.4, -0.2) is 11.4 Å². The van der Waals surface area contributed by atoms with Gasteiger partial charge in [-0.05, 0) is 53.0 Å². The van der Waals surface area contributed by atoms with Crippen molar-refractivity contribution in [2.24, 2.45) is 0 Å². The van der Waals surface area contributed by atoms with Gasteiger partial charge in [-0.1, -0.05) is 30.4 Å². The van der Waals surface area contributed by atoms with Gasteiger partial charge >= 0.3 is 0 Å². The summed E-state index contributed by atoms with van der Waals surface area (Å²) in [6.45, 7) is 7.93. The average Bonchev–Trinajstić information content (AvgIpc) is 2.19. The van der Waals surface area contributed by atoms with E-state index in [1.165, 1.54) is 0 Å². The van der Waals surface area contributed by atoms with Crippen molar-refractivity contribution < 1.29 is 4.79 Å². The molecule has 17 heavy (non-hydrogen) atoms. The number of allylic oxidation sites excluding steroid dienone is 5. The zero-order chi connectivity index (χ0) is 13.1. The van der Waals surface area contributed by atoms with Gasteiger partial charge in [0.1, 0.15) is 0 Å². The molecular formula is C15H25NO. The van der Waals surface area contributed by atoms with Crippen LogP contribution in [0.1, 0.15) is 47.0 Å². The van der Waals surface area contributed by atoms with Crippen LogP contribution >= 0.6 is 0 Å². The normalized spacial score (nSPS) is 12.9. The molecule has 0 atom stereocenters. The van der Waals surface area contributed by atoms with E-state index >= 15 is 0 Å². The van der Waals surface area contributed by atoms with Crippen molar-refractivity contribution in [3.63, 3.8) is 0 Å². The molecule has 0 aromatic rings. The Hall–Kier alpha value is -1.31. The summed E-state index contributed by atoms with van der Waals surface area (Å²) in [5.74, 6) is -0.0121. The summed E-state index contributed by atoms with van der Waals surface area (Å²) in [6.07, 6.45) is 14.9. The van der Waals surface area contributed by atoms with Crippen molar-refractivity contribution in [2.75, 3.05) is 0 Å². The molecule has 2 heteroatoms. The molecule has 0 aromatic heterocycles. The maximum Gasteiger partial charge on any atom is 0.244 e. The van der Waals surface area contributed by atoms with Crippen LogP contribution in [0.4, 0.5) is 0 Å². The van der Waals surface area contributed by atoms with E-state index in [4.69, 9.17) is 0 Å². The Morgan fingerprint density at radius 1 is 1.12 bits per heavy atom. The van der Waals surface area contributed by atoms with Gasteiger partial charge in [0.2, 0.25) is 5.91 Å². The Bertz CT molecular complexity index is 293. The van der Waals surface area contributed by atoms with E-state index < -0.39 is 0 Å². The average molecular weight is 235 g/mol. The van der Waals surface area contributed by atoms with Crippen molar-refractivity contribution >= 4 is 5.91 Å². The lowest BCUT2D eigenvalue weighted by Gasteiger charge is -2.18. The molecule has 0 saturated carbocycles. The van der Waals surface area contributed by atoms with Crippen LogP contribution < -0.4 is 5.32 Å². The Balaban J connectivity index is 3.64. The molecule has 0 aliphatic rings. The molecule has 96 valence electrons. The second kappa shape index (κ2) is 8.80. The molecule has 0 bridgehead atoms. The smallest absolute Gasteiger partial charge is 0.244 e. The Labute approximate surface area is 105 Å². The number of hydrogen-bond acceptors (Lipinski definition) is 1. The number of carbonyl (C=O) groups is 1. The van der Waals surface area contributed by atoms with Gasteiger partial charge in [0, 0.05) is 5.54 Å². The van der Waals surface area contributed by atoms with Crippen molar-refractivity contribution in [1.82, 2.24) is 5.32 Å². The van der Waals surface area contributed by atoms with Crippen molar-refractivity contribution in [3.05, 3.63) is 36.5 Å². The highest BCUT2D eigenvalue weighted by atomic mass is 16.1. The Morgan fingerprint density at radius 2 is 1.76 bits per heavy atom. The predicted molar refractivity (Wildman–Crippen MR) is 74.8 cm³/mol. The number of hydrogen-bond donors (Lipinski definition) is 1. The first-order valence-electron chi connectivity index (χ1n) is 6.22. The topological polar surface area (TPSA) is 29.1 Å². The van der Waals surface area contributed by atoms with E-state index in [1.54, 1.807) is 6.08 Å². The number of rotatable bonds is 6. The van der Waals surface area contributed by atoms with Crippen molar-refractivity contribution in [2.45, 2.75) is 52.5 Å². The van der Waals surface area contributed by atoms with Crippen LogP contribution in [0.3, 0.4) is 0 Å². The second-order valence-electron chi connectivity index (χ2n) is 5.03. The molecule has 0 aliphatic heterocycles. The molecule has 0 saturated heterocycles. The largest absolute Gasteiger partial charge is 0.348 e. The molecular weight excluding hydrogens is 210 g/mol. The van der Waals surface area contributed by atoms with Crippen LogP contribution in [-0.2, 0) is 4.79 Å². The highest BCUT2D eigenvalue weighted by Crippen LogP contribution is 2.00. The molecule has 0 aromatic carbocycles. The maximum absolute atomic E-state index is 11.4. The minimum Gasteiger partial charge on any atom is -0.348 e. The fourth-order valence-corrected chi connectivity index (χ4v) is 1.24. The SMILES string of the molecule is C/C=C\C=C/CCC/C=C/C(=O)NC(C)(C)C. The summed E-state index contributed by atoms with van der Waals surface area (Å²) >= 11 is 0. The molecule has 0 heterocycles. The minimum atomic E-state index is -0.156. The van der Waals surface area contributed by atoms with Crippen LogP contribution in [0.2, 0.25) is 0 Å². The molecule has 0 fully saturated rings. The molecule has 0 rings (SSSR count). The Morgan fingerprint density at radius 3 is 2.35 bits per heavy atom. The van der Waals surface area contributed by atoms with Gasteiger partial charge in [-0.2, -0.15) is 0 Å². The minimum absolute atomic E-state index is 0.0121. The van der Waals surface area contributed by atoms with Gasteiger partial charge in [0.25, 0.3) is 0 Å². The van der Waals surface area contributed by atoms with E-state index in [-0.39, 0.29) is 11.4 Å². The summed E-state index contributed by atoms with van der Waals surface area (Å²) in [5.41, 5.74) is -0.156. The first kappa shape index (κ1) is 15.7. The monoisotopic (exact) mass is 235 g/mol. The van der Waals surface area contributed by atoms with Crippen LogP contribution in [0.15, 0.2) is 36.5 Å². The Kier molecular flexibility index (Phi) is 8.12. The quantitative estimate of drug-likeness (QED) is 0.424. The van der Waals surface area contributed by atoms with Crippen LogP contribution in [0.5, 0.6) is 0 Å². The van der Waals surface area contributed by atoms with Gasteiger partial charge in [0.15, 0.2) is 0 Å². The molecule has 2 nitrogen and oxygen atoms in total. The molecule has 1 amide bonds. The maximum atomic E-state index is 11.4. The van der Waals surface area contributed by atoms with Gasteiger partial charge in [-0.3, -0.25) is 4.79 Å². The van der Waals surface area contributed by atoms with E-state index in [9.17, 15) is 4.79 Å². The zero-order valence-corrected chi connectivity index (χ0v) is 11.5. The molecule has 0 spiro atoms. The first-order chi connectivity index (χ1) is 7.95. The molecule has 0 aliphatic carbocycles. The lowest BCUT2D eigenvalue weighted by atomic mass is 10.1. The number of nitrogens with one attached hydrogen (secondary N) is 1. The van der Waals surface area contributed by atoms with Crippen LogP contribution in [0.25, 0.3) is 0 Å². The predicted octanol–water partition coefficient (Wildman–Crippen LogP) is 3.76. The van der Waals surface area contributed by atoms with Gasteiger partial charge in [-0.15, -0.1) is 0 Å². The van der Waals surface area contributed by atoms with Gasteiger partial charge < -0.3 is 5.32 Å². The first-order valence-corrected chi connectivity index (χ1v) is 6.22. The third kappa shape index (κ3) is 12.6. The summed E-state index contributed by atoms with van der Waals surface area (Å²) in [6, 6.07) is 0. The van der Waals surface area contributed by atoms with Gasteiger partial charge in [-0.25, -0.2) is 0 Å². The fourth-order valence-electron chi connectivity index (χ4n) is 1.24. The standard InChI is InChI=1S/C15H25NO/c1-5-6-7-8-9-10-11-12-13-14(17)16-15(2,3)4/h5-8,12-13H,9-11H2,1-4H3,(H,16,17)/b6-5-,8-7-,13-12+. The van der Waals surface area contributed by atoms with Gasteiger partial charge in [0.05, 0.1) is 0 Å². The summed E-state index contributed by atoms with van der Waals surface area (Å²) in [7, 11) is 0. The van der Waals surface area contributed by atoms with Crippen LogP contribution in [0, 0.1) is 0 Å². The zero-order valence-electron chi connectivity index (χ0n) is 11.5. The highest BCUT2D eigenvalue weighted by molar-refractivity contribution is 5.87. The van der Waals surface area contributed by atoms with Crippen molar-refractivity contribution in [1.29, 1.82) is 0 Å². The van der Waals surface area contributed by atoms with E-state index in [2.05, 4.69) is 17.5 Å². The molecule has 0 radical (unpaired) electrons. The highest BCUT2D eigenvalue weighted by Gasteiger charge is 2.10. The number of unbranched alkanes of at least 4 members (excludes halogenated alkanes) is 2. The fraction of sp³-hybridized carbons (Fsp3) is 0.533. The third-order valence-corrected chi connectivity index (χ3v) is 1.95. The lowest BCUT2D eigenvalue weighted by Crippen LogP contribution is -2.39.